The minimum Gasteiger partial charge on any atom is -0.387 e. The van der Waals surface area contributed by atoms with E-state index >= 15 is 0 Å². The summed E-state index contributed by atoms with van der Waals surface area (Å²) in [5, 5.41) is 13.5. The first kappa shape index (κ1) is 52.4. The molecule has 0 aromatic rings. The van der Waals surface area contributed by atoms with Gasteiger partial charge in [-0.1, -0.05) is 156 Å². The van der Waals surface area contributed by atoms with Gasteiger partial charge < -0.3 is 19.8 Å². The number of quaternary nitrogens is 1. The summed E-state index contributed by atoms with van der Waals surface area (Å²) < 4.78 is 23.3. The van der Waals surface area contributed by atoms with Crippen molar-refractivity contribution in [1.29, 1.82) is 0 Å². The summed E-state index contributed by atoms with van der Waals surface area (Å²) in [5.41, 5.74) is 0. The molecular formula is C46H80N2O6P+. The number of nitrogens with one attached hydrogen (secondary N) is 1. The molecule has 0 aromatic heterocycles. The van der Waals surface area contributed by atoms with Gasteiger partial charge in [-0.3, -0.25) is 13.8 Å². The van der Waals surface area contributed by atoms with Gasteiger partial charge in [0, 0.05) is 6.42 Å². The van der Waals surface area contributed by atoms with E-state index < -0.39 is 20.0 Å². The Hall–Kier alpha value is -2.58. The molecule has 8 nitrogen and oxygen atoms in total. The van der Waals surface area contributed by atoms with Gasteiger partial charge in [0.25, 0.3) is 0 Å². The average Bonchev–Trinajstić information content (AvgIpc) is 3.13. The molecule has 314 valence electrons. The summed E-state index contributed by atoms with van der Waals surface area (Å²) in [4.78, 5) is 22.8. The quantitative estimate of drug-likeness (QED) is 0.0253. The number of carbonyl (C=O) groups is 1. The second kappa shape index (κ2) is 37.0. The van der Waals surface area contributed by atoms with Crippen LogP contribution in [0.2, 0.25) is 0 Å². The highest BCUT2D eigenvalue weighted by Gasteiger charge is 2.27. The number of hydrogen-bond donors (Lipinski definition) is 3. The Morgan fingerprint density at radius 1 is 0.636 bits per heavy atom. The van der Waals surface area contributed by atoms with Crippen LogP contribution in [0.4, 0.5) is 0 Å². The Balaban J connectivity index is 4.07. The maximum Gasteiger partial charge on any atom is 0.472 e. The van der Waals surface area contributed by atoms with Crippen LogP contribution < -0.4 is 5.32 Å². The van der Waals surface area contributed by atoms with E-state index in [4.69, 9.17) is 9.05 Å². The van der Waals surface area contributed by atoms with Gasteiger partial charge in [0.05, 0.1) is 39.9 Å². The van der Waals surface area contributed by atoms with Gasteiger partial charge in [0.1, 0.15) is 13.2 Å². The van der Waals surface area contributed by atoms with Crippen LogP contribution in [-0.2, 0) is 18.4 Å². The van der Waals surface area contributed by atoms with Crippen LogP contribution in [0.3, 0.4) is 0 Å². The highest BCUT2D eigenvalue weighted by atomic mass is 31.2. The lowest BCUT2D eigenvalue weighted by Crippen LogP contribution is -2.45. The molecule has 0 spiro atoms. The topological polar surface area (TPSA) is 105 Å². The number of phosphoric ester groups is 1. The van der Waals surface area contributed by atoms with Crippen LogP contribution in [0.25, 0.3) is 0 Å². The van der Waals surface area contributed by atoms with Gasteiger partial charge >= 0.3 is 7.82 Å². The van der Waals surface area contributed by atoms with Gasteiger partial charge in [0.2, 0.25) is 5.91 Å². The first-order valence-corrected chi connectivity index (χ1v) is 22.6. The summed E-state index contributed by atoms with van der Waals surface area (Å²) in [5.74, 6) is -0.205. The SMILES string of the molecule is CC/C=C\C/C=C\C/C=C\C/C=C\C/C=C\C/C=C\C/C=C\CCCCCCCCCC(=O)NC(COP(=O)(O)OCC[N+](C)(C)C)C(O)/C=C/CCCC. The third-order valence-electron chi connectivity index (χ3n) is 8.56. The number of allylic oxidation sites excluding steroid dienone is 15. The molecule has 9 heteroatoms. The Morgan fingerprint density at radius 3 is 1.58 bits per heavy atom. The number of rotatable bonds is 36. The van der Waals surface area contributed by atoms with Crippen molar-refractivity contribution in [3.8, 4) is 0 Å². The minimum atomic E-state index is -4.33. The molecule has 0 saturated heterocycles. The Bertz CT molecular complexity index is 1210. The number of aliphatic hydroxyl groups excluding tert-OH is 1. The van der Waals surface area contributed by atoms with Crippen LogP contribution >= 0.6 is 7.82 Å². The molecule has 0 aliphatic carbocycles. The van der Waals surface area contributed by atoms with Crippen LogP contribution in [0.5, 0.6) is 0 Å². The molecule has 3 unspecified atom stereocenters. The Kier molecular flexibility index (Phi) is 35.3. The zero-order valence-electron chi connectivity index (χ0n) is 35.4. The van der Waals surface area contributed by atoms with Crippen LogP contribution in [0.1, 0.15) is 136 Å². The number of likely N-dealkylation sites (N-methyl/N-ethyl adjacent to an activating group) is 1. The molecule has 0 fully saturated rings. The van der Waals surface area contributed by atoms with Gasteiger partial charge in [-0.15, -0.1) is 0 Å². The van der Waals surface area contributed by atoms with Crippen molar-refractivity contribution < 1.29 is 32.9 Å². The van der Waals surface area contributed by atoms with E-state index in [1.54, 1.807) is 6.08 Å². The predicted octanol–water partition coefficient (Wildman–Crippen LogP) is 11.6. The zero-order valence-corrected chi connectivity index (χ0v) is 36.3. The highest BCUT2D eigenvalue weighted by molar-refractivity contribution is 7.47. The standard InChI is InChI=1S/C46H79N2O6P/c1-6-8-10-12-13-14-15-16-17-18-19-20-21-22-23-24-25-26-27-28-29-30-31-32-33-34-35-36-38-40-46(50)47-44(45(49)39-37-11-9-7-2)43-54-55(51,52)53-42-41-48(3,4)5/h8,10,13-14,16-17,19-20,22-23,25-26,28-29,37,39,44-45,49H,6-7,9,11-12,15,18,21,24,27,30-36,38,40-43H2,1-5H3,(H-,47,50,51,52)/p+1/b10-8-,14-13-,17-16-,20-19-,23-22-,26-25-,29-28-,39-37+. The van der Waals surface area contributed by atoms with E-state index in [9.17, 15) is 19.4 Å². The number of hydrogen-bond acceptors (Lipinski definition) is 5. The maximum absolute atomic E-state index is 12.7. The van der Waals surface area contributed by atoms with Crippen molar-refractivity contribution in [3.63, 3.8) is 0 Å². The molecule has 0 radical (unpaired) electrons. The number of unbranched alkanes of at least 4 members (excludes halogenated alkanes) is 9. The van der Waals surface area contributed by atoms with Gasteiger partial charge in [-0.2, -0.15) is 0 Å². The van der Waals surface area contributed by atoms with Crippen molar-refractivity contribution in [3.05, 3.63) is 97.2 Å². The first-order chi connectivity index (χ1) is 26.5. The molecule has 1 amide bonds. The van der Waals surface area contributed by atoms with Crippen molar-refractivity contribution >= 4 is 13.7 Å². The summed E-state index contributed by atoms with van der Waals surface area (Å²) in [6.07, 6.45) is 52.6. The molecule has 0 aliphatic heterocycles. The van der Waals surface area contributed by atoms with Crippen LogP contribution in [0, 0.1) is 0 Å². The third-order valence-corrected chi connectivity index (χ3v) is 9.54. The summed E-state index contributed by atoms with van der Waals surface area (Å²) in [6.45, 7) is 4.50. The van der Waals surface area contributed by atoms with E-state index in [0.29, 0.717) is 17.4 Å². The summed E-state index contributed by atoms with van der Waals surface area (Å²) in [7, 11) is 1.54. The lowest BCUT2D eigenvalue weighted by atomic mass is 10.1. The molecule has 0 aliphatic rings. The van der Waals surface area contributed by atoms with Crippen molar-refractivity contribution in [2.75, 3.05) is 40.9 Å². The van der Waals surface area contributed by atoms with E-state index in [0.717, 1.165) is 96.3 Å². The molecule has 3 N–H and O–H groups in total. The largest absolute Gasteiger partial charge is 0.472 e. The smallest absolute Gasteiger partial charge is 0.387 e. The number of carbonyl (C=O) groups excluding carboxylic acids is 1. The Morgan fingerprint density at radius 2 is 1.09 bits per heavy atom. The first-order valence-electron chi connectivity index (χ1n) is 21.1. The van der Waals surface area contributed by atoms with E-state index in [1.807, 2.05) is 27.2 Å². The molecule has 0 bridgehead atoms. The summed E-state index contributed by atoms with van der Waals surface area (Å²) >= 11 is 0. The van der Waals surface area contributed by atoms with Crippen LogP contribution in [0.15, 0.2) is 97.2 Å². The number of phosphoric acid groups is 1. The van der Waals surface area contributed by atoms with E-state index in [1.165, 1.54) is 19.3 Å². The number of aliphatic hydroxyl groups is 1. The van der Waals surface area contributed by atoms with Gasteiger partial charge in [-0.25, -0.2) is 4.57 Å². The molecule has 3 atom stereocenters. The van der Waals surface area contributed by atoms with Gasteiger partial charge in [0.15, 0.2) is 0 Å². The van der Waals surface area contributed by atoms with Gasteiger partial charge in [-0.05, 0) is 70.6 Å². The van der Waals surface area contributed by atoms with E-state index in [2.05, 4.69) is 104 Å². The van der Waals surface area contributed by atoms with Crippen LogP contribution in [-0.4, -0.2) is 73.4 Å². The molecule has 0 rings (SSSR count). The fourth-order valence-electron chi connectivity index (χ4n) is 5.18. The molecule has 0 aromatic carbocycles. The lowest BCUT2D eigenvalue weighted by molar-refractivity contribution is -0.870. The van der Waals surface area contributed by atoms with Crippen molar-refractivity contribution in [1.82, 2.24) is 5.32 Å². The highest BCUT2D eigenvalue weighted by Crippen LogP contribution is 2.43. The molecule has 0 saturated carbocycles. The second-order valence-electron chi connectivity index (χ2n) is 15.0. The number of nitrogens with zero attached hydrogens (tertiary/aromatic N) is 1. The van der Waals surface area contributed by atoms with Crippen molar-refractivity contribution in [2.45, 2.75) is 148 Å². The predicted molar refractivity (Wildman–Crippen MR) is 235 cm³/mol. The fraction of sp³-hybridized carbons (Fsp3) is 0.630. The third kappa shape index (κ3) is 39.5. The number of amides is 1. The zero-order chi connectivity index (χ0) is 40.7. The minimum absolute atomic E-state index is 0.0521. The molecule has 55 heavy (non-hydrogen) atoms. The maximum atomic E-state index is 12.7. The lowest BCUT2D eigenvalue weighted by Gasteiger charge is -2.25. The fourth-order valence-corrected chi connectivity index (χ4v) is 5.92. The summed E-state index contributed by atoms with van der Waals surface area (Å²) in [6, 6.07) is -0.854. The van der Waals surface area contributed by atoms with Crippen molar-refractivity contribution in [2.24, 2.45) is 0 Å². The molecule has 0 heterocycles. The monoisotopic (exact) mass is 788 g/mol. The normalized spacial score (nSPS) is 15.4. The Labute approximate surface area is 337 Å². The average molecular weight is 788 g/mol. The van der Waals surface area contributed by atoms with E-state index in [-0.39, 0.29) is 19.1 Å². The second-order valence-corrected chi connectivity index (χ2v) is 16.4. The molecular weight excluding hydrogens is 707 g/mol.